The van der Waals surface area contributed by atoms with Gasteiger partial charge in [-0.2, -0.15) is 0 Å². The van der Waals surface area contributed by atoms with Gasteiger partial charge in [0.05, 0.1) is 6.04 Å². The minimum absolute atomic E-state index is 0.0641. The first-order valence-electron chi connectivity index (χ1n) is 6.80. The highest BCUT2D eigenvalue weighted by Crippen LogP contribution is 2.27. The first kappa shape index (κ1) is 15.0. The fourth-order valence-electron chi connectivity index (χ4n) is 2.50. The van der Waals surface area contributed by atoms with Crippen LogP contribution in [0.2, 0.25) is 5.02 Å². The Hall–Kier alpha value is -1.35. The number of nitrogens with one attached hydrogen (secondary N) is 1. The minimum Gasteiger partial charge on any atom is -0.271 e. The van der Waals surface area contributed by atoms with Crippen LogP contribution in [0.3, 0.4) is 0 Å². The molecule has 1 unspecified atom stereocenters. The summed E-state index contributed by atoms with van der Waals surface area (Å²) in [6.07, 6.45) is 0.852. The van der Waals surface area contributed by atoms with Crippen molar-refractivity contribution in [1.82, 2.24) is 5.43 Å². The van der Waals surface area contributed by atoms with Crippen LogP contribution < -0.4 is 11.3 Å². The molecule has 1 atom stereocenters. The van der Waals surface area contributed by atoms with Crippen molar-refractivity contribution in [2.75, 3.05) is 0 Å². The highest BCUT2D eigenvalue weighted by Gasteiger charge is 2.15. The number of hydrogen-bond donors (Lipinski definition) is 2. The first-order valence-corrected chi connectivity index (χ1v) is 7.18. The van der Waals surface area contributed by atoms with Gasteiger partial charge in [0.2, 0.25) is 0 Å². The lowest BCUT2D eigenvalue weighted by molar-refractivity contribution is 0.548. The predicted molar refractivity (Wildman–Crippen MR) is 85.9 cm³/mol. The van der Waals surface area contributed by atoms with Gasteiger partial charge in [0.25, 0.3) is 0 Å². The van der Waals surface area contributed by atoms with Crippen LogP contribution in [0.1, 0.15) is 33.9 Å². The largest absolute Gasteiger partial charge is 0.271 e. The Balaban J connectivity index is 2.34. The summed E-state index contributed by atoms with van der Waals surface area (Å²) < 4.78 is 0. The summed E-state index contributed by atoms with van der Waals surface area (Å²) in [6.45, 7) is 6.27. The zero-order valence-electron chi connectivity index (χ0n) is 12.2. The fraction of sp³-hybridized carbons (Fsp3) is 0.294. The molecule has 20 heavy (non-hydrogen) atoms. The lowest BCUT2D eigenvalue weighted by Crippen LogP contribution is -2.30. The van der Waals surface area contributed by atoms with Gasteiger partial charge in [0.15, 0.2) is 0 Å². The number of nitrogens with two attached hydrogens (primary N) is 1. The van der Waals surface area contributed by atoms with E-state index in [4.69, 9.17) is 17.4 Å². The van der Waals surface area contributed by atoms with E-state index in [0.29, 0.717) is 0 Å². The van der Waals surface area contributed by atoms with Crippen molar-refractivity contribution in [3.63, 3.8) is 0 Å². The van der Waals surface area contributed by atoms with E-state index < -0.39 is 0 Å². The van der Waals surface area contributed by atoms with Crippen LogP contribution in [0, 0.1) is 20.8 Å². The zero-order valence-corrected chi connectivity index (χ0v) is 13.0. The molecule has 2 nitrogen and oxygen atoms in total. The number of hydrazine groups is 1. The average molecular weight is 289 g/mol. The molecule has 0 spiro atoms. The van der Waals surface area contributed by atoms with E-state index in [-0.39, 0.29) is 6.04 Å². The number of hydrogen-bond acceptors (Lipinski definition) is 2. The maximum Gasteiger partial charge on any atom is 0.0503 e. The Morgan fingerprint density at radius 1 is 1.15 bits per heavy atom. The molecule has 106 valence electrons. The van der Waals surface area contributed by atoms with Crippen molar-refractivity contribution < 1.29 is 0 Å². The normalized spacial score (nSPS) is 12.4. The van der Waals surface area contributed by atoms with Crippen molar-refractivity contribution in [2.24, 2.45) is 5.84 Å². The van der Waals surface area contributed by atoms with E-state index in [0.717, 1.165) is 22.6 Å². The standard InChI is InChI=1S/C17H21ClN2/c1-11-7-8-12(2)14(9-11)10-17(20-19)15-5-4-6-16(18)13(15)3/h4-9,17,20H,10,19H2,1-3H3. The Morgan fingerprint density at radius 2 is 1.90 bits per heavy atom. The highest BCUT2D eigenvalue weighted by atomic mass is 35.5. The van der Waals surface area contributed by atoms with Gasteiger partial charge in [0.1, 0.15) is 0 Å². The van der Waals surface area contributed by atoms with Gasteiger partial charge >= 0.3 is 0 Å². The molecule has 0 saturated carbocycles. The van der Waals surface area contributed by atoms with Crippen LogP contribution >= 0.6 is 11.6 Å². The van der Waals surface area contributed by atoms with E-state index in [9.17, 15) is 0 Å². The quantitative estimate of drug-likeness (QED) is 0.659. The summed E-state index contributed by atoms with van der Waals surface area (Å²) in [7, 11) is 0. The summed E-state index contributed by atoms with van der Waals surface area (Å²) in [5.74, 6) is 5.77. The molecular weight excluding hydrogens is 268 g/mol. The van der Waals surface area contributed by atoms with Crippen molar-refractivity contribution in [2.45, 2.75) is 33.2 Å². The number of aryl methyl sites for hydroxylation is 2. The summed E-state index contributed by atoms with van der Waals surface area (Å²) in [4.78, 5) is 0. The summed E-state index contributed by atoms with van der Waals surface area (Å²) in [5.41, 5.74) is 9.03. The lowest BCUT2D eigenvalue weighted by atomic mass is 9.93. The van der Waals surface area contributed by atoms with E-state index in [2.05, 4.69) is 43.5 Å². The summed E-state index contributed by atoms with van der Waals surface area (Å²) >= 11 is 6.21. The Bertz CT molecular complexity index is 608. The second-order valence-electron chi connectivity index (χ2n) is 5.31. The number of rotatable bonds is 4. The van der Waals surface area contributed by atoms with Gasteiger partial charge in [-0.1, -0.05) is 47.5 Å². The third kappa shape index (κ3) is 3.21. The Labute approximate surface area is 125 Å². The number of benzene rings is 2. The molecule has 0 aromatic heterocycles. The van der Waals surface area contributed by atoms with Gasteiger partial charge in [0, 0.05) is 5.02 Å². The van der Waals surface area contributed by atoms with Crippen LogP contribution in [-0.4, -0.2) is 0 Å². The molecule has 0 amide bonds. The lowest BCUT2D eigenvalue weighted by Gasteiger charge is -2.20. The molecule has 0 aliphatic rings. The highest BCUT2D eigenvalue weighted by molar-refractivity contribution is 6.31. The maximum atomic E-state index is 6.21. The smallest absolute Gasteiger partial charge is 0.0503 e. The van der Waals surface area contributed by atoms with Crippen LogP contribution in [0.4, 0.5) is 0 Å². The molecule has 0 aliphatic heterocycles. The molecule has 2 aromatic rings. The van der Waals surface area contributed by atoms with Crippen LogP contribution in [0.5, 0.6) is 0 Å². The molecule has 0 aliphatic carbocycles. The predicted octanol–water partition coefficient (Wildman–Crippen LogP) is 4.01. The molecule has 0 heterocycles. The number of halogens is 1. The molecule has 2 aromatic carbocycles. The van der Waals surface area contributed by atoms with Crippen LogP contribution in [0.25, 0.3) is 0 Å². The third-order valence-electron chi connectivity index (χ3n) is 3.81. The molecule has 2 rings (SSSR count). The van der Waals surface area contributed by atoms with Crippen molar-refractivity contribution >= 4 is 11.6 Å². The molecule has 0 saturated heterocycles. The molecule has 0 radical (unpaired) electrons. The minimum atomic E-state index is 0.0641. The van der Waals surface area contributed by atoms with E-state index in [1.165, 1.54) is 16.7 Å². The summed E-state index contributed by atoms with van der Waals surface area (Å²) in [6, 6.07) is 12.5. The molecule has 3 N–H and O–H groups in total. The van der Waals surface area contributed by atoms with Gasteiger partial charge < -0.3 is 0 Å². The van der Waals surface area contributed by atoms with Crippen molar-refractivity contribution in [3.05, 3.63) is 69.2 Å². The molecule has 3 heteroatoms. The monoisotopic (exact) mass is 288 g/mol. The van der Waals surface area contributed by atoms with E-state index >= 15 is 0 Å². The van der Waals surface area contributed by atoms with Crippen LogP contribution in [-0.2, 0) is 6.42 Å². The van der Waals surface area contributed by atoms with Gasteiger partial charge in [-0.15, -0.1) is 0 Å². The Kier molecular flexibility index (Phi) is 4.81. The topological polar surface area (TPSA) is 38.0 Å². The van der Waals surface area contributed by atoms with Crippen molar-refractivity contribution in [1.29, 1.82) is 0 Å². The summed E-state index contributed by atoms with van der Waals surface area (Å²) in [5, 5.41) is 0.781. The second kappa shape index (κ2) is 6.40. The Morgan fingerprint density at radius 3 is 2.60 bits per heavy atom. The van der Waals surface area contributed by atoms with Crippen LogP contribution in [0.15, 0.2) is 36.4 Å². The van der Waals surface area contributed by atoms with E-state index in [1.807, 2.05) is 19.1 Å². The molecular formula is C17H21ClN2. The maximum absolute atomic E-state index is 6.21. The SMILES string of the molecule is Cc1ccc(C)c(CC(NN)c2cccc(Cl)c2C)c1. The zero-order chi connectivity index (χ0) is 14.7. The average Bonchev–Trinajstić information content (AvgIpc) is 2.43. The van der Waals surface area contributed by atoms with Crippen molar-refractivity contribution in [3.8, 4) is 0 Å². The third-order valence-corrected chi connectivity index (χ3v) is 4.22. The molecule has 0 fully saturated rings. The van der Waals surface area contributed by atoms with Gasteiger partial charge in [-0.25, -0.2) is 0 Å². The fourth-order valence-corrected chi connectivity index (χ4v) is 2.68. The van der Waals surface area contributed by atoms with Gasteiger partial charge in [-0.05, 0) is 55.5 Å². The molecule has 0 bridgehead atoms. The van der Waals surface area contributed by atoms with Gasteiger partial charge in [-0.3, -0.25) is 11.3 Å². The first-order chi connectivity index (χ1) is 9.52. The van der Waals surface area contributed by atoms with E-state index in [1.54, 1.807) is 0 Å². The second-order valence-corrected chi connectivity index (χ2v) is 5.71.